The summed E-state index contributed by atoms with van der Waals surface area (Å²) in [5, 5.41) is 0. The van der Waals surface area contributed by atoms with E-state index in [1.165, 1.54) is 22.0 Å². The Hall–Kier alpha value is -1.60. The highest BCUT2D eigenvalue weighted by Crippen LogP contribution is 2.32. The lowest BCUT2D eigenvalue weighted by atomic mass is 10.0. The number of likely N-dealkylation sites (N-methyl/N-ethyl adjacent to an activating group) is 1. The molecule has 0 aliphatic carbocycles. The van der Waals surface area contributed by atoms with Crippen molar-refractivity contribution in [2.75, 3.05) is 44.7 Å². The molecule has 2 fully saturated rings. The zero-order chi connectivity index (χ0) is 18.8. The third-order valence-corrected chi connectivity index (χ3v) is 6.34. The maximum Gasteiger partial charge on any atom is 0.256 e. The van der Waals surface area contributed by atoms with E-state index in [1.54, 1.807) is 0 Å². The van der Waals surface area contributed by atoms with Crippen LogP contribution in [0.3, 0.4) is 0 Å². The van der Waals surface area contributed by atoms with Gasteiger partial charge in [-0.1, -0.05) is 30.3 Å². The Labute approximate surface area is 175 Å². The van der Waals surface area contributed by atoms with Gasteiger partial charge in [-0.2, -0.15) is 0 Å². The summed E-state index contributed by atoms with van der Waals surface area (Å²) in [7, 11) is 2.14. The van der Waals surface area contributed by atoms with Gasteiger partial charge in [-0.15, -0.1) is 0 Å². The van der Waals surface area contributed by atoms with Gasteiger partial charge in [-0.3, -0.25) is 4.79 Å². The lowest BCUT2D eigenvalue weighted by Crippen LogP contribution is -2.49. The van der Waals surface area contributed by atoms with Crippen LogP contribution in [-0.2, 0) is 0 Å². The zero-order valence-electron chi connectivity index (χ0n) is 15.8. The molecule has 0 N–H and O–H groups in total. The fraction of sp³-hybridized carbons (Fsp3) is 0.409. The van der Waals surface area contributed by atoms with Gasteiger partial charge < -0.3 is 14.7 Å². The van der Waals surface area contributed by atoms with E-state index in [9.17, 15) is 4.79 Å². The second-order valence-electron chi connectivity index (χ2n) is 7.54. The summed E-state index contributed by atoms with van der Waals surface area (Å²) in [6.45, 7) is 4.65. The fourth-order valence-corrected chi connectivity index (χ4v) is 4.66. The Balaban J connectivity index is 1.68. The van der Waals surface area contributed by atoms with Crippen LogP contribution in [0.4, 0.5) is 5.69 Å². The van der Waals surface area contributed by atoms with E-state index in [0.29, 0.717) is 0 Å². The number of carbonyl (C=O) groups excluding carboxylic acids is 1. The maximum atomic E-state index is 13.7. The maximum absolute atomic E-state index is 13.7. The number of anilines is 1. The molecular weight excluding hydrogens is 449 g/mol. The van der Waals surface area contributed by atoms with Crippen LogP contribution in [0.2, 0.25) is 0 Å². The molecule has 0 saturated carbocycles. The average Bonchev–Trinajstić information content (AvgIpc) is 3.23. The van der Waals surface area contributed by atoms with Gasteiger partial charge in [0.2, 0.25) is 0 Å². The molecule has 1 unspecified atom stereocenters. The third kappa shape index (κ3) is 3.99. The van der Waals surface area contributed by atoms with Crippen LogP contribution in [-0.4, -0.2) is 55.5 Å². The normalized spacial score (nSPS) is 20.9. The highest BCUT2D eigenvalue weighted by molar-refractivity contribution is 14.1. The molecule has 1 atom stereocenters. The molecule has 4 rings (SSSR count). The van der Waals surface area contributed by atoms with Crippen molar-refractivity contribution in [1.82, 2.24) is 9.80 Å². The number of hydrogen-bond acceptors (Lipinski definition) is 3. The van der Waals surface area contributed by atoms with Crippen LogP contribution < -0.4 is 4.90 Å². The summed E-state index contributed by atoms with van der Waals surface area (Å²) < 4.78 is 1.18. The first-order chi connectivity index (χ1) is 13.1. The number of halogens is 1. The predicted molar refractivity (Wildman–Crippen MR) is 118 cm³/mol. The Morgan fingerprint density at radius 3 is 2.48 bits per heavy atom. The molecule has 2 aromatic rings. The van der Waals surface area contributed by atoms with Crippen molar-refractivity contribution >= 4 is 34.2 Å². The second-order valence-corrected chi connectivity index (χ2v) is 8.79. The minimum atomic E-state index is 0.100. The Bertz CT molecular complexity index is 804. The molecule has 2 aromatic carbocycles. The first-order valence-electron chi connectivity index (χ1n) is 9.72. The van der Waals surface area contributed by atoms with Crippen molar-refractivity contribution in [2.24, 2.45) is 0 Å². The van der Waals surface area contributed by atoms with Crippen LogP contribution in [0.1, 0.15) is 34.8 Å². The van der Waals surface area contributed by atoms with Gasteiger partial charge in [-0.05, 0) is 66.2 Å². The molecule has 2 aliphatic rings. The molecule has 0 spiro atoms. The highest BCUT2D eigenvalue weighted by Gasteiger charge is 2.32. The largest absolute Gasteiger partial charge is 0.371 e. The number of hydrogen-bond donors (Lipinski definition) is 0. The molecule has 2 heterocycles. The summed E-state index contributed by atoms with van der Waals surface area (Å²) in [5.74, 6) is 0.162. The quantitative estimate of drug-likeness (QED) is 0.628. The van der Waals surface area contributed by atoms with Crippen LogP contribution in [0.15, 0.2) is 48.5 Å². The molecule has 1 amide bonds. The average molecular weight is 475 g/mol. The summed E-state index contributed by atoms with van der Waals surface area (Å²) in [6, 6.07) is 16.8. The number of rotatable bonds is 3. The number of carbonyl (C=O) groups is 1. The summed E-state index contributed by atoms with van der Waals surface area (Å²) in [5.41, 5.74) is 3.17. The van der Waals surface area contributed by atoms with Gasteiger partial charge in [-0.25, -0.2) is 0 Å². The van der Waals surface area contributed by atoms with Crippen molar-refractivity contribution < 1.29 is 4.79 Å². The molecule has 2 aliphatic heterocycles. The SMILES string of the molecule is CN1CCN(C(=O)c2ccc(I)cc2N2CCCC2)C(c2ccccc2)C1. The lowest BCUT2D eigenvalue weighted by Gasteiger charge is -2.41. The molecule has 27 heavy (non-hydrogen) atoms. The van der Waals surface area contributed by atoms with Crippen molar-refractivity contribution in [3.05, 3.63) is 63.2 Å². The number of piperazine rings is 1. The molecular formula is C22H26IN3O. The van der Waals surface area contributed by atoms with Crippen LogP contribution in [0.25, 0.3) is 0 Å². The van der Waals surface area contributed by atoms with E-state index in [4.69, 9.17) is 0 Å². The van der Waals surface area contributed by atoms with Gasteiger partial charge in [0.05, 0.1) is 17.3 Å². The minimum Gasteiger partial charge on any atom is -0.371 e. The lowest BCUT2D eigenvalue weighted by molar-refractivity contribution is 0.0498. The number of nitrogens with zero attached hydrogens (tertiary/aromatic N) is 3. The van der Waals surface area contributed by atoms with Crippen molar-refractivity contribution in [1.29, 1.82) is 0 Å². The Morgan fingerprint density at radius 2 is 1.74 bits per heavy atom. The van der Waals surface area contributed by atoms with E-state index in [1.807, 2.05) is 12.1 Å². The first kappa shape index (κ1) is 18.7. The molecule has 5 heteroatoms. The van der Waals surface area contributed by atoms with Crippen molar-refractivity contribution in [2.45, 2.75) is 18.9 Å². The Kier molecular flexibility index (Phi) is 5.68. The second kappa shape index (κ2) is 8.19. The molecule has 2 saturated heterocycles. The zero-order valence-corrected chi connectivity index (χ0v) is 17.9. The van der Waals surface area contributed by atoms with E-state index in [-0.39, 0.29) is 11.9 Å². The highest BCUT2D eigenvalue weighted by atomic mass is 127. The predicted octanol–water partition coefficient (Wildman–Crippen LogP) is 4.02. The minimum absolute atomic E-state index is 0.100. The third-order valence-electron chi connectivity index (χ3n) is 5.67. The molecule has 0 bridgehead atoms. The first-order valence-corrected chi connectivity index (χ1v) is 10.8. The van der Waals surface area contributed by atoms with Crippen LogP contribution in [0, 0.1) is 3.57 Å². The van der Waals surface area contributed by atoms with E-state index >= 15 is 0 Å². The van der Waals surface area contributed by atoms with Gasteiger partial charge in [0.25, 0.3) is 5.91 Å². The smallest absolute Gasteiger partial charge is 0.256 e. The number of benzene rings is 2. The number of amides is 1. The Morgan fingerprint density at radius 1 is 1.00 bits per heavy atom. The molecule has 142 valence electrons. The van der Waals surface area contributed by atoms with Gasteiger partial charge >= 0.3 is 0 Å². The van der Waals surface area contributed by atoms with Crippen molar-refractivity contribution in [3.8, 4) is 0 Å². The van der Waals surface area contributed by atoms with Gasteiger partial charge in [0.1, 0.15) is 0 Å². The van der Waals surface area contributed by atoms with Gasteiger partial charge in [0, 0.05) is 36.3 Å². The standard InChI is InChI=1S/C22H26IN3O/c1-24-13-14-26(21(16-24)17-7-3-2-4-8-17)22(27)19-10-9-18(23)15-20(19)25-11-5-6-12-25/h2-4,7-10,15,21H,5-6,11-14,16H2,1H3. The monoisotopic (exact) mass is 475 g/mol. The van der Waals surface area contributed by atoms with E-state index in [2.05, 4.69) is 80.7 Å². The molecule has 4 nitrogen and oxygen atoms in total. The summed E-state index contributed by atoms with van der Waals surface area (Å²) in [4.78, 5) is 20.4. The van der Waals surface area contributed by atoms with E-state index in [0.717, 1.165) is 44.0 Å². The molecule has 0 radical (unpaired) electrons. The summed E-state index contributed by atoms with van der Waals surface area (Å²) >= 11 is 2.34. The van der Waals surface area contributed by atoms with Crippen LogP contribution in [0.5, 0.6) is 0 Å². The topological polar surface area (TPSA) is 26.8 Å². The van der Waals surface area contributed by atoms with Crippen molar-refractivity contribution in [3.63, 3.8) is 0 Å². The fourth-order valence-electron chi connectivity index (χ4n) is 4.18. The van der Waals surface area contributed by atoms with Gasteiger partial charge in [0.15, 0.2) is 0 Å². The summed E-state index contributed by atoms with van der Waals surface area (Å²) in [6.07, 6.45) is 2.42. The van der Waals surface area contributed by atoms with Crippen LogP contribution >= 0.6 is 22.6 Å². The molecule has 0 aromatic heterocycles. The van der Waals surface area contributed by atoms with E-state index < -0.39 is 0 Å².